The van der Waals surface area contributed by atoms with Crippen LogP contribution in [0.1, 0.15) is 0 Å². The number of pyridine rings is 3. The number of hydrogen-bond donors (Lipinski definition) is 0. The maximum atomic E-state index is 6.37. The third kappa shape index (κ3) is 12.9. The van der Waals surface area contributed by atoms with E-state index in [0.717, 1.165) is 176 Å². The summed E-state index contributed by atoms with van der Waals surface area (Å²) in [6, 6.07) is 136. The van der Waals surface area contributed by atoms with Crippen LogP contribution < -0.4 is 38.5 Å². The quantitative estimate of drug-likeness (QED) is 0.131. The zero-order valence-corrected chi connectivity index (χ0v) is 59.4. The lowest BCUT2D eigenvalue weighted by Crippen LogP contribution is -2.18. The number of anilines is 12. The molecule has 110 heavy (non-hydrogen) atoms. The minimum atomic E-state index is 0.805. The SMILES string of the molecule is c1ccc(-c2ccc(-c3ccc(N4c5ccccc5Oc5ccccc54)cc3)nc2)cc1.c1ccc(-c2cccc(-c3cc(N4c5ccccc5Oc5ccccc54)cc(N4c5ccccc5Oc5ccccc54)c3)n2)cc1.c1ccc(-c2cccc(-c3ccc(N4c5ccccc5Oc5ccccc54)cc3)n2)cc1. The molecule has 0 fully saturated rings. The molecule has 14 aromatic carbocycles. The molecular weight excluding hydrogens is 1350 g/mol. The van der Waals surface area contributed by atoms with Crippen LogP contribution in [-0.2, 0) is 0 Å². The van der Waals surface area contributed by atoms with E-state index in [9.17, 15) is 0 Å². The van der Waals surface area contributed by atoms with Crippen molar-refractivity contribution >= 4 is 68.2 Å². The second-order valence-electron chi connectivity index (χ2n) is 26.7. The second kappa shape index (κ2) is 29.1. The van der Waals surface area contributed by atoms with Gasteiger partial charge in [0.1, 0.15) is 0 Å². The molecule has 0 radical (unpaired) electrons. The molecule has 0 bridgehead atoms. The average Bonchev–Trinajstić information content (AvgIpc) is 0.756. The van der Waals surface area contributed by atoms with Gasteiger partial charge in [-0.2, -0.15) is 0 Å². The van der Waals surface area contributed by atoms with E-state index >= 15 is 0 Å². The number of fused-ring (bicyclic) bond motifs is 8. The lowest BCUT2D eigenvalue weighted by Gasteiger charge is -2.35. The molecule has 0 saturated heterocycles. The first-order chi connectivity index (χ1) is 54.5. The predicted octanol–water partition coefficient (Wildman–Crippen LogP) is 27.5. The summed E-state index contributed by atoms with van der Waals surface area (Å²) in [6.45, 7) is 0. The third-order valence-corrected chi connectivity index (χ3v) is 19.8. The Hall–Kier alpha value is -15.1. The topological polar surface area (TPSA) is 88.5 Å². The van der Waals surface area contributed by atoms with Gasteiger partial charge in [0.25, 0.3) is 0 Å². The Bertz CT molecular complexity index is 5910. The lowest BCUT2D eigenvalue weighted by molar-refractivity contribution is 0.476. The van der Waals surface area contributed by atoms with Crippen LogP contribution in [0.15, 0.2) is 407 Å². The number of hydrogen-bond acceptors (Lipinski definition) is 11. The number of aromatic nitrogens is 3. The Morgan fingerprint density at radius 1 is 0.164 bits per heavy atom. The molecule has 0 N–H and O–H groups in total. The van der Waals surface area contributed by atoms with E-state index in [0.29, 0.717) is 0 Å². The molecule has 7 heterocycles. The Morgan fingerprint density at radius 3 is 0.709 bits per heavy atom. The van der Waals surface area contributed by atoms with Crippen molar-refractivity contribution in [2.45, 2.75) is 0 Å². The van der Waals surface area contributed by atoms with E-state index in [1.807, 2.05) is 206 Å². The minimum Gasteiger partial charge on any atom is -0.453 e. The summed E-state index contributed by atoms with van der Waals surface area (Å²) < 4.78 is 25.0. The van der Waals surface area contributed by atoms with E-state index in [-0.39, 0.29) is 0 Å². The molecule has 0 saturated carbocycles. The largest absolute Gasteiger partial charge is 0.453 e. The van der Waals surface area contributed by atoms with Crippen LogP contribution in [-0.4, -0.2) is 15.0 Å². The van der Waals surface area contributed by atoms with Gasteiger partial charge in [0.15, 0.2) is 46.0 Å². The van der Waals surface area contributed by atoms with Gasteiger partial charge >= 0.3 is 0 Å². The molecule has 0 spiro atoms. The molecule has 3 aromatic heterocycles. The van der Waals surface area contributed by atoms with Gasteiger partial charge < -0.3 is 38.5 Å². The smallest absolute Gasteiger partial charge is 0.151 e. The summed E-state index contributed by atoms with van der Waals surface area (Å²) in [5, 5.41) is 0. The van der Waals surface area contributed by atoms with Crippen molar-refractivity contribution in [3.63, 3.8) is 0 Å². The van der Waals surface area contributed by atoms with Crippen molar-refractivity contribution in [1.29, 1.82) is 0 Å². The fourth-order valence-electron chi connectivity index (χ4n) is 14.6. The Labute approximate surface area is 637 Å². The summed E-state index contributed by atoms with van der Waals surface area (Å²) >= 11 is 0. The molecule has 0 aliphatic carbocycles. The molecule has 21 rings (SSSR count). The van der Waals surface area contributed by atoms with Crippen molar-refractivity contribution in [3.8, 4) is 113 Å². The van der Waals surface area contributed by atoms with Crippen molar-refractivity contribution < 1.29 is 18.9 Å². The highest BCUT2D eigenvalue weighted by Crippen LogP contribution is 2.56. The number of rotatable bonds is 10. The Kier molecular flexibility index (Phi) is 17.4. The van der Waals surface area contributed by atoms with Gasteiger partial charge in [-0.3, -0.25) is 4.98 Å². The fraction of sp³-hybridized carbons (Fsp3) is 0. The van der Waals surface area contributed by atoms with Crippen molar-refractivity contribution in [2.24, 2.45) is 0 Å². The van der Waals surface area contributed by atoms with Crippen LogP contribution in [0.3, 0.4) is 0 Å². The van der Waals surface area contributed by atoms with Crippen LogP contribution in [0, 0.1) is 0 Å². The van der Waals surface area contributed by atoms with Gasteiger partial charge in [0, 0.05) is 62.3 Å². The monoisotopic (exact) mass is 1420 g/mol. The standard InChI is InChI=1S/C41H27N3O2.2C29H20N2O/c1-2-13-28(14-3-1)32-15-12-16-33(42-32)29-25-30(43-34-17-4-8-21-38(34)45-39-22-9-5-18-35(39)43)27-31(26-29)44-36-19-6-10-23-40(36)46-41-24-11-7-20-37(41)44;1-2-9-21(10-3-1)24-11-8-12-25(30-24)22-17-19-23(20-18-22)31-26-13-4-6-15-28(26)32-29-16-7-5-14-27(29)31;1-2-8-21(9-3-1)23-16-19-25(30-20-23)22-14-17-24(18-15-22)31-26-10-4-6-12-28(26)32-29-13-7-5-11-27(29)31/h1-27H;2*1-20H. The second-order valence-corrected chi connectivity index (χ2v) is 26.7. The van der Waals surface area contributed by atoms with Gasteiger partial charge in [-0.15, -0.1) is 0 Å². The molecule has 4 aliphatic heterocycles. The van der Waals surface area contributed by atoms with Gasteiger partial charge in [0.2, 0.25) is 0 Å². The maximum Gasteiger partial charge on any atom is 0.151 e. The molecule has 17 aromatic rings. The third-order valence-electron chi connectivity index (χ3n) is 19.8. The van der Waals surface area contributed by atoms with Crippen LogP contribution in [0.25, 0.3) is 67.4 Å². The summed E-state index contributed by atoms with van der Waals surface area (Å²) in [7, 11) is 0. The van der Waals surface area contributed by atoms with E-state index in [1.165, 1.54) is 5.56 Å². The van der Waals surface area contributed by atoms with Crippen LogP contribution >= 0.6 is 0 Å². The Balaban J connectivity index is 0.000000115. The van der Waals surface area contributed by atoms with Gasteiger partial charge in [-0.25, -0.2) is 9.97 Å². The molecule has 4 aliphatic rings. The summed E-state index contributed by atoms with van der Waals surface area (Å²) in [6.07, 6.45) is 1.94. The highest BCUT2D eigenvalue weighted by Gasteiger charge is 2.32. The lowest BCUT2D eigenvalue weighted by atomic mass is 10.0. The summed E-state index contributed by atoms with van der Waals surface area (Å²) in [5.41, 5.74) is 24.5. The van der Waals surface area contributed by atoms with Crippen LogP contribution in [0.2, 0.25) is 0 Å². The van der Waals surface area contributed by atoms with E-state index in [2.05, 4.69) is 220 Å². The molecule has 11 heteroatoms. The molecule has 0 amide bonds. The van der Waals surface area contributed by atoms with Gasteiger partial charge in [-0.1, -0.05) is 231 Å². The first-order valence-electron chi connectivity index (χ1n) is 36.6. The van der Waals surface area contributed by atoms with Crippen LogP contribution in [0.4, 0.5) is 68.2 Å². The number of nitrogens with zero attached hydrogens (tertiary/aromatic N) is 7. The number of ether oxygens (including phenoxy) is 4. The molecule has 11 nitrogen and oxygen atoms in total. The fourth-order valence-corrected chi connectivity index (χ4v) is 14.6. The number of para-hydroxylation sites is 16. The Morgan fingerprint density at radius 2 is 0.409 bits per heavy atom. The van der Waals surface area contributed by atoms with E-state index in [1.54, 1.807) is 0 Å². The molecule has 522 valence electrons. The first-order valence-corrected chi connectivity index (χ1v) is 36.6. The van der Waals surface area contributed by atoms with Gasteiger partial charge in [0.05, 0.1) is 74.0 Å². The van der Waals surface area contributed by atoms with Gasteiger partial charge in [-0.05, 0) is 175 Å². The molecule has 0 atom stereocenters. The van der Waals surface area contributed by atoms with E-state index in [4.69, 9.17) is 33.9 Å². The van der Waals surface area contributed by atoms with Crippen molar-refractivity contribution in [2.75, 3.05) is 19.6 Å². The zero-order chi connectivity index (χ0) is 73.1. The average molecular weight is 1420 g/mol. The maximum absolute atomic E-state index is 6.37. The highest BCUT2D eigenvalue weighted by atomic mass is 16.5. The van der Waals surface area contributed by atoms with Crippen molar-refractivity contribution in [3.05, 3.63) is 407 Å². The minimum absolute atomic E-state index is 0.805. The van der Waals surface area contributed by atoms with Crippen LogP contribution in [0.5, 0.6) is 46.0 Å². The number of benzene rings is 14. The predicted molar refractivity (Wildman–Crippen MR) is 444 cm³/mol. The first kappa shape index (κ1) is 65.7. The highest BCUT2D eigenvalue weighted by molar-refractivity contribution is 5.94. The molecular formula is C99H67N7O4. The normalized spacial score (nSPS) is 12.2. The molecule has 0 unspecified atom stereocenters. The summed E-state index contributed by atoms with van der Waals surface area (Å²) in [5.74, 6) is 6.64. The summed E-state index contributed by atoms with van der Waals surface area (Å²) in [4.78, 5) is 23.8. The van der Waals surface area contributed by atoms with E-state index < -0.39 is 0 Å². The zero-order valence-electron chi connectivity index (χ0n) is 59.4. The van der Waals surface area contributed by atoms with Crippen molar-refractivity contribution in [1.82, 2.24) is 15.0 Å².